The zero-order valence-electron chi connectivity index (χ0n) is 14.4. The first-order chi connectivity index (χ1) is 10.2. The van der Waals surface area contributed by atoms with Crippen molar-refractivity contribution in [3.8, 4) is 0 Å². The minimum absolute atomic E-state index is 0.217. The molecule has 0 aliphatic heterocycles. The molecule has 0 N–H and O–H groups in total. The van der Waals surface area contributed by atoms with Gasteiger partial charge in [0.2, 0.25) is 0 Å². The first-order valence-corrected chi connectivity index (χ1v) is 8.79. The van der Waals surface area contributed by atoms with Gasteiger partial charge in [-0.15, -0.1) is 0 Å². The second-order valence-electron chi connectivity index (χ2n) is 8.12. The SMILES string of the molecule is CC(C)(C)CC(C)(C)c1ccc(Cc2ccc(Br)cc2)cc1. The van der Waals surface area contributed by atoms with Crippen LogP contribution in [0.15, 0.2) is 53.0 Å². The zero-order chi connectivity index (χ0) is 16.4. The lowest BCUT2D eigenvalue weighted by atomic mass is 9.72. The highest BCUT2D eigenvalue weighted by Crippen LogP contribution is 2.36. The first-order valence-electron chi connectivity index (χ1n) is 8.00. The van der Waals surface area contributed by atoms with E-state index >= 15 is 0 Å². The van der Waals surface area contributed by atoms with E-state index in [0.29, 0.717) is 5.41 Å². The van der Waals surface area contributed by atoms with Crippen molar-refractivity contribution in [3.63, 3.8) is 0 Å². The topological polar surface area (TPSA) is 0 Å². The molecule has 2 aromatic carbocycles. The van der Waals surface area contributed by atoms with Crippen LogP contribution in [0.25, 0.3) is 0 Å². The Bertz CT molecular complexity index is 598. The normalized spacial score (nSPS) is 12.5. The van der Waals surface area contributed by atoms with Crippen LogP contribution < -0.4 is 0 Å². The van der Waals surface area contributed by atoms with Crippen LogP contribution in [-0.4, -0.2) is 0 Å². The van der Waals surface area contributed by atoms with E-state index in [2.05, 4.69) is 99.1 Å². The largest absolute Gasteiger partial charge is 0.0601 e. The summed E-state index contributed by atoms with van der Waals surface area (Å²) in [5.74, 6) is 0. The van der Waals surface area contributed by atoms with Crippen LogP contribution in [0.3, 0.4) is 0 Å². The lowest BCUT2D eigenvalue weighted by Gasteiger charge is -2.33. The fourth-order valence-electron chi connectivity index (χ4n) is 3.34. The maximum atomic E-state index is 3.49. The van der Waals surface area contributed by atoms with Crippen molar-refractivity contribution in [2.45, 2.75) is 52.9 Å². The molecule has 0 aromatic heterocycles. The molecule has 0 radical (unpaired) electrons. The van der Waals surface area contributed by atoms with Gasteiger partial charge >= 0.3 is 0 Å². The van der Waals surface area contributed by atoms with Gasteiger partial charge in [0.15, 0.2) is 0 Å². The number of hydrogen-bond acceptors (Lipinski definition) is 0. The Morgan fingerprint density at radius 1 is 0.727 bits per heavy atom. The lowest BCUT2D eigenvalue weighted by molar-refractivity contribution is 0.284. The van der Waals surface area contributed by atoms with Gasteiger partial charge in [-0.05, 0) is 52.5 Å². The van der Waals surface area contributed by atoms with Crippen LogP contribution in [0.5, 0.6) is 0 Å². The molecular weight excluding hydrogens is 332 g/mol. The standard InChI is InChI=1S/C21H27Br/c1-20(2,3)15-21(4,5)18-10-6-16(7-11-18)14-17-8-12-19(22)13-9-17/h6-13H,14-15H2,1-5H3. The highest BCUT2D eigenvalue weighted by atomic mass is 79.9. The molecule has 22 heavy (non-hydrogen) atoms. The molecule has 0 saturated carbocycles. The molecule has 0 heterocycles. The molecular formula is C21H27Br. The smallest absolute Gasteiger partial charge is 0.0175 e. The van der Waals surface area contributed by atoms with Crippen LogP contribution in [-0.2, 0) is 11.8 Å². The van der Waals surface area contributed by atoms with E-state index in [-0.39, 0.29) is 5.41 Å². The molecule has 0 fully saturated rings. The molecule has 118 valence electrons. The van der Waals surface area contributed by atoms with Crippen LogP contribution in [0.2, 0.25) is 0 Å². The van der Waals surface area contributed by atoms with Crippen molar-refractivity contribution in [2.24, 2.45) is 5.41 Å². The highest BCUT2D eigenvalue weighted by molar-refractivity contribution is 9.10. The molecule has 0 bridgehead atoms. The minimum atomic E-state index is 0.217. The van der Waals surface area contributed by atoms with Gasteiger partial charge in [-0.25, -0.2) is 0 Å². The van der Waals surface area contributed by atoms with Crippen molar-refractivity contribution < 1.29 is 0 Å². The van der Waals surface area contributed by atoms with E-state index in [9.17, 15) is 0 Å². The van der Waals surface area contributed by atoms with Crippen molar-refractivity contribution in [2.75, 3.05) is 0 Å². The number of benzene rings is 2. The third-order valence-electron chi connectivity index (χ3n) is 4.03. The monoisotopic (exact) mass is 358 g/mol. The van der Waals surface area contributed by atoms with Gasteiger partial charge in [0.05, 0.1) is 0 Å². The molecule has 0 aliphatic rings. The number of halogens is 1. The Kier molecular flexibility index (Phi) is 5.17. The molecule has 1 heteroatoms. The van der Waals surface area contributed by atoms with Gasteiger partial charge in [-0.3, -0.25) is 0 Å². The van der Waals surface area contributed by atoms with Gasteiger partial charge in [-0.2, -0.15) is 0 Å². The Labute approximate surface area is 144 Å². The third-order valence-corrected chi connectivity index (χ3v) is 4.56. The molecule has 0 spiro atoms. The van der Waals surface area contributed by atoms with E-state index in [0.717, 1.165) is 10.9 Å². The van der Waals surface area contributed by atoms with E-state index in [4.69, 9.17) is 0 Å². The average Bonchev–Trinajstić information content (AvgIpc) is 2.39. The highest BCUT2D eigenvalue weighted by Gasteiger charge is 2.26. The predicted molar refractivity (Wildman–Crippen MR) is 100 cm³/mol. The molecule has 0 saturated heterocycles. The predicted octanol–water partition coefficient (Wildman–Crippen LogP) is 6.75. The fraction of sp³-hybridized carbons (Fsp3) is 0.429. The third kappa shape index (κ3) is 4.98. The summed E-state index contributed by atoms with van der Waals surface area (Å²) >= 11 is 3.49. The summed E-state index contributed by atoms with van der Waals surface area (Å²) in [6, 6.07) is 17.7. The maximum absolute atomic E-state index is 3.49. The maximum Gasteiger partial charge on any atom is 0.0175 e. The quantitative estimate of drug-likeness (QED) is 0.566. The van der Waals surface area contributed by atoms with Crippen molar-refractivity contribution in [1.82, 2.24) is 0 Å². The first kappa shape index (κ1) is 17.3. The van der Waals surface area contributed by atoms with Crippen LogP contribution in [0.1, 0.15) is 57.7 Å². The van der Waals surface area contributed by atoms with Crippen molar-refractivity contribution in [1.29, 1.82) is 0 Å². The fourth-order valence-corrected chi connectivity index (χ4v) is 3.60. The van der Waals surface area contributed by atoms with Gasteiger partial charge in [0.1, 0.15) is 0 Å². The van der Waals surface area contributed by atoms with E-state index < -0.39 is 0 Å². The van der Waals surface area contributed by atoms with E-state index in [1.54, 1.807) is 0 Å². The summed E-state index contributed by atoms with van der Waals surface area (Å²) in [6.45, 7) is 11.6. The summed E-state index contributed by atoms with van der Waals surface area (Å²) in [5.41, 5.74) is 4.72. The Morgan fingerprint density at radius 3 is 1.64 bits per heavy atom. The van der Waals surface area contributed by atoms with Gasteiger partial charge in [0.25, 0.3) is 0 Å². The van der Waals surface area contributed by atoms with E-state index in [1.807, 2.05) is 0 Å². The average molecular weight is 359 g/mol. The Hall–Kier alpha value is -1.08. The lowest BCUT2D eigenvalue weighted by Crippen LogP contribution is -2.24. The Balaban J connectivity index is 2.11. The Morgan fingerprint density at radius 2 is 1.18 bits per heavy atom. The second-order valence-corrected chi connectivity index (χ2v) is 9.04. The number of rotatable bonds is 4. The van der Waals surface area contributed by atoms with Crippen LogP contribution in [0.4, 0.5) is 0 Å². The summed E-state index contributed by atoms with van der Waals surface area (Å²) in [7, 11) is 0. The second kappa shape index (κ2) is 6.58. The minimum Gasteiger partial charge on any atom is -0.0601 e. The van der Waals surface area contributed by atoms with Crippen LogP contribution >= 0.6 is 15.9 Å². The van der Waals surface area contributed by atoms with Gasteiger partial charge < -0.3 is 0 Å². The zero-order valence-corrected chi connectivity index (χ0v) is 16.0. The summed E-state index contributed by atoms with van der Waals surface area (Å²) < 4.78 is 1.13. The molecule has 0 aliphatic carbocycles. The number of hydrogen-bond donors (Lipinski definition) is 0. The van der Waals surface area contributed by atoms with Crippen molar-refractivity contribution in [3.05, 3.63) is 69.7 Å². The molecule has 0 unspecified atom stereocenters. The van der Waals surface area contributed by atoms with Crippen molar-refractivity contribution >= 4 is 15.9 Å². The van der Waals surface area contributed by atoms with Gasteiger partial charge in [-0.1, -0.05) is 86.9 Å². The van der Waals surface area contributed by atoms with E-state index in [1.165, 1.54) is 23.1 Å². The summed E-state index contributed by atoms with van der Waals surface area (Å²) in [4.78, 5) is 0. The molecule has 0 nitrogen and oxygen atoms in total. The molecule has 0 atom stereocenters. The van der Waals surface area contributed by atoms with Gasteiger partial charge in [0, 0.05) is 4.47 Å². The summed E-state index contributed by atoms with van der Waals surface area (Å²) in [6.07, 6.45) is 2.18. The molecule has 2 rings (SSSR count). The molecule has 2 aromatic rings. The van der Waals surface area contributed by atoms with Crippen LogP contribution in [0, 0.1) is 5.41 Å². The summed E-state index contributed by atoms with van der Waals surface area (Å²) in [5, 5.41) is 0. The molecule has 0 amide bonds.